The molecule has 170 valence electrons. The number of aryl methyl sites for hydroxylation is 1. The van der Waals surface area contributed by atoms with Crippen molar-refractivity contribution in [2.24, 2.45) is 5.73 Å². The fourth-order valence-corrected chi connectivity index (χ4v) is 4.79. The lowest BCUT2D eigenvalue weighted by Gasteiger charge is -2.35. The normalized spacial score (nSPS) is 22.6. The second-order valence-electron chi connectivity index (χ2n) is 8.72. The minimum atomic E-state index is -0.0988. The molecule has 0 spiro atoms. The molecule has 7 nitrogen and oxygen atoms in total. The average molecular weight is 455 g/mol. The molecule has 2 aliphatic rings. The van der Waals surface area contributed by atoms with E-state index >= 15 is 0 Å². The average Bonchev–Trinajstić information content (AvgIpc) is 3.41. The molecule has 1 amide bonds. The summed E-state index contributed by atoms with van der Waals surface area (Å²) in [5, 5.41) is 4.82. The molecule has 2 fully saturated rings. The molecule has 32 heavy (non-hydrogen) atoms. The Morgan fingerprint density at radius 3 is 2.81 bits per heavy atom. The summed E-state index contributed by atoms with van der Waals surface area (Å²) in [4.78, 5) is 22.5. The van der Waals surface area contributed by atoms with E-state index in [1.54, 1.807) is 12.2 Å². The van der Waals surface area contributed by atoms with Crippen LogP contribution in [0.15, 0.2) is 47.7 Å². The Balaban J connectivity index is 1.68. The molecule has 8 heteroatoms. The van der Waals surface area contributed by atoms with Gasteiger partial charge in [-0.3, -0.25) is 4.79 Å². The van der Waals surface area contributed by atoms with Crippen LogP contribution in [0.25, 0.3) is 5.65 Å². The van der Waals surface area contributed by atoms with Gasteiger partial charge in [-0.05, 0) is 51.2 Å². The Kier molecular flexibility index (Phi) is 6.67. The zero-order valence-corrected chi connectivity index (χ0v) is 19.6. The van der Waals surface area contributed by atoms with E-state index in [-0.39, 0.29) is 18.0 Å². The Morgan fingerprint density at radius 2 is 2.12 bits per heavy atom. The van der Waals surface area contributed by atoms with Crippen molar-refractivity contribution in [3.05, 3.63) is 58.9 Å². The Morgan fingerprint density at radius 1 is 1.31 bits per heavy atom. The van der Waals surface area contributed by atoms with Crippen molar-refractivity contribution in [3.8, 4) is 0 Å². The lowest BCUT2D eigenvalue weighted by molar-refractivity contribution is -0.130. The highest BCUT2D eigenvalue weighted by Gasteiger charge is 2.32. The molecule has 0 radical (unpaired) electrons. The highest BCUT2D eigenvalue weighted by Crippen LogP contribution is 2.33. The maximum Gasteiger partial charge on any atom is 0.254 e. The lowest BCUT2D eigenvalue weighted by Crippen LogP contribution is -2.39. The summed E-state index contributed by atoms with van der Waals surface area (Å²) in [6, 6.07) is 2.10. The first-order chi connectivity index (χ1) is 15.4. The number of carbonyl (C=O) groups excluding carboxylic acids is 1. The van der Waals surface area contributed by atoms with Gasteiger partial charge < -0.3 is 15.5 Å². The SMILES string of the molecule is C=C/C(C)=C(\C=C\Cl)C(=O)N1CCCCC1c1cc2nc(N3CCC(N)C3)c(C)cn2n1. The molecule has 0 bridgehead atoms. The first-order valence-corrected chi connectivity index (χ1v) is 11.6. The van der Waals surface area contributed by atoms with Gasteiger partial charge in [0.15, 0.2) is 5.65 Å². The van der Waals surface area contributed by atoms with Crippen LogP contribution < -0.4 is 10.6 Å². The van der Waals surface area contributed by atoms with Gasteiger partial charge in [0.25, 0.3) is 5.91 Å². The molecule has 0 aliphatic carbocycles. The molecule has 0 saturated carbocycles. The van der Waals surface area contributed by atoms with Gasteiger partial charge in [0, 0.05) is 54.6 Å². The number of anilines is 1. The first kappa shape index (κ1) is 22.6. The number of allylic oxidation sites excluding steroid dienone is 2. The third-order valence-corrected chi connectivity index (χ3v) is 6.57. The Labute approximate surface area is 194 Å². The first-order valence-electron chi connectivity index (χ1n) is 11.2. The van der Waals surface area contributed by atoms with Crippen LogP contribution in [0.5, 0.6) is 0 Å². The highest BCUT2D eigenvalue weighted by atomic mass is 35.5. The maximum absolute atomic E-state index is 13.4. The predicted octanol–water partition coefficient (Wildman–Crippen LogP) is 3.88. The van der Waals surface area contributed by atoms with Gasteiger partial charge in [-0.25, -0.2) is 9.50 Å². The number of fused-ring (bicyclic) bond motifs is 1. The van der Waals surface area contributed by atoms with Crippen LogP contribution in [0.2, 0.25) is 0 Å². The van der Waals surface area contributed by atoms with Crippen molar-refractivity contribution in [1.29, 1.82) is 0 Å². The largest absolute Gasteiger partial charge is 0.355 e. The van der Waals surface area contributed by atoms with E-state index in [0.29, 0.717) is 12.1 Å². The summed E-state index contributed by atoms with van der Waals surface area (Å²) in [7, 11) is 0. The molecule has 4 rings (SSSR count). The van der Waals surface area contributed by atoms with Crippen LogP contribution in [0.3, 0.4) is 0 Å². The molecule has 2 aliphatic heterocycles. The number of hydrogen-bond acceptors (Lipinski definition) is 5. The van der Waals surface area contributed by atoms with Crippen molar-refractivity contribution in [3.63, 3.8) is 0 Å². The van der Waals surface area contributed by atoms with Gasteiger partial charge in [0.2, 0.25) is 0 Å². The van der Waals surface area contributed by atoms with E-state index in [1.165, 1.54) is 5.54 Å². The van der Waals surface area contributed by atoms with Crippen LogP contribution in [-0.2, 0) is 4.79 Å². The zero-order valence-electron chi connectivity index (χ0n) is 18.8. The summed E-state index contributed by atoms with van der Waals surface area (Å²) in [6.45, 7) is 10.2. The van der Waals surface area contributed by atoms with E-state index < -0.39 is 0 Å². The number of carbonyl (C=O) groups is 1. The number of halogens is 1. The highest BCUT2D eigenvalue weighted by molar-refractivity contribution is 6.26. The van der Waals surface area contributed by atoms with Crippen LogP contribution in [0.1, 0.15) is 49.9 Å². The number of piperidine rings is 1. The van der Waals surface area contributed by atoms with Crippen molar-refractivity contribution in [2.75, 3.05) is 24.5 Å². The second-order valence-corrected chi connectivity index (χ2v) is 8.97. The second kappa shape index (κ2) is 9.46. The number of likely N-dealkylation sites (tertiary alicyclic amines) is 1. The molecular formula is C24H31ClN6O. The third kappa shape index (κ3) is 4.32. The minimum Gasteiger partial charge on any atom is -0.355 e. The predicted molar refractivity (Wildman–Crippen MR) is 129 cm³/mol. The number of rotatable bonds is 5. The molecule has 2 atom stereocenters. The molecule has 2 aromatic rings. The smallest absolute Gasteiger partial charge is 0.254 e. The van der Waals surface area contributed by atoms with Crippen LogP contribution >= 0.6 is 11.6 Å². The quantitative estimate of drug-likeness (QED) is 0.547. The summed E-state index contributed by atoms with van der Waals surface area (Å²) < 4.78 is 1.83. The lowest BCUT2D eigenvalue weighted by atomic mass is 9.97. The van der Waals surface area contributed by atoms with Crippen molar-refractivity contribution in [1.82, 2.24) is 19.5 Å². The van der Waals surface area contributed by atoms with Gasteiger partial charge in [0.1, 0.15) is 5.82 Å². The van der Waals surface area contributed by atoms with Crippen LogP contribution in [0, 0.1) is 6.92 Å². The topological polar surface area (TPSA) is 79.8 Å². The molecule has 0 aromatic carbocycles. The fourth-order valence-electron chi connectivity index (χ4n) is 4.66. The van der Waals surface area contributed by atoms with E-state index in [2.05, 4.69) is 18.4 Å². The number of hydrogen-bond donors (Lipinski definition) is 1. The summed E-state index contributed by atoms with van der Waals surface area (Å²) in [6.07, 6.45) is 9.22. The molecule has 2 saturated heterocycles. The minimum absolute atomic E-state index is 0.0445. The number of nitrogens with zero attached hydrogens (tertiary/aromatic N) is 5. The molecular weight excluding hydrogens is 424 g/mol. The number of amides is 1. The van der Waals surface area contributed by atoms with Gasteiger partial charge >= 0.3 is 0 Å². The van der Waals surface area contributed by atoms with Crippen molar-refractivity contribution >= 4 is 29.0 Å². The van der Waals surface area contributed by atoms with Gasteiger partial charge in [-0.1, -0.05) is 24.3 Å². The van der Waals surface area contributed by atoms with E-state index in [9.17, 15) is 4.79 Å². The van der Waals surface area contributed by atoms with E-state index in [4.69, 9.17) is 27.4 Å². The van der Waals surface area contributed by atoms with Gasteiger partial charge in [-0.2, -0.15) is 5.10 Å². The Bertz CT molecular complexity index is 1090. The number of nitrogens with two attached hydrogens (primary N) is 1. The molecule has 2 N–H and O–H groups in total. The standard InChI is InChI=1S/C24H31ClN6O/c1-4-16(2)19(8-10-25)24(32)30-11-6-5-7-21(30)20-13-22-27-23(17(3)14-31(22)28-20)29-12-9-18(26)15-29/h4,8,10,13-14,18,21H,1,5-7,9,11-12,15,26H2,2-3H3/b10-8+,19-16+. The fraction of sp³-hybridized carbons (Fsp3) is 0.458. The molecule has 2 aromatic heterocycles. The van der Waals surface area contributed by atoms with E-state index in [1.807, 2.05) is 28.6 Å². The summed E-state index contributed by atoms with van der Waals surface area (Å²) in [5.41, 5.74) is 11.6. The van der Waals surface area contributed by atoms with Crippen molar-refractivity contribution in [2.45, 2.75) is 51.6 Å². The number of aromatic nitrogens is 3. The maximum atomic E-state index is 13.4. The van der Waals surface area contributed by atoms with E-state index in [0.717, 1.165) is 67.1 Å². The van der Waals surface area contributed by atoms with Crippen LogP contribution in [-0.4, -0.2) is 51.1 Å². The summed E-state index contributed by atoms with van der Waals surface area (Å²) >= 11 is 5.82. The van der Waals surface area contributed by atoms with Gasteiger partial charge in [0.05, 0.1) is 11.7 Å². The monoisotopic (exact) mass is 454 g/mol. The Hall–Kier alpha value is -2.64. The van der Waals surface area contributed by atoms with Crippen LogP contribution in [0.4, 0.5) is 5.82 Å². The summed E-state index contributed by atoms with van der Waals surface area (Å²) in [5.74, 6) is 0.921. The molecule has 2 unspecified atom stereocenters. The third-order valence-electron chi connectivity index (χ3n) is 6.44. The zero-order chi connectivity index (χ0) is 22.8. The molecule has 4 heterocycles. The van der Waals surface area contributed by atoms with Crippen molar-refractivity contribution < 1.29 is 4.79 Å². The van der Waals surface area contributed by atoms with Gasteiger partial charge in [-0.15, -0.1) is 0 Å².